The lowest BCUT2D eigenvalue weighted by molar-refractivity contribution is -0.479. The van der Waals surface area contributed by atoms with Gasteiger partial charge in [0.05, 0.1) is 0 Å². The molecule has 0 unspecified atom stereocenters. The predicted octanol–water partition coefficient (Wildman–Crippen LogP) is -0.200. The number of rotatable bonds is 3. The minimum atomic E-state index is 0.532. The minimum Gasteiger partial charge on any atom is -0.0914 e. The van der Waals surface area contributed by atoms with Gasteiger partial charge in [-0.2, -0.15) is 0 Å². The number of nitrogens with one attached hydrogen (secondary N) is 1. The fourth-order valence-corrected chi connectivity index (χ4v) is 0.309. The lowest BCUT2D eigenvalue weighted by Crippen LogP contribution is -2.63. The third kappa shape index (κ3) is 5.34. The van der Waals surface area contributed by atoms with Gasteiger partial charge in [0, 0.05) is 11.3 Å². The Morgan fingerprint density at radius 3 is 2.86 bits per heavy atom. The standard InChI is InChI=1S/C5H9NO/c1-2-3-4-5-6-7/h2-3H,4-5H2,1H3/p+1/b3-2+. The third-order valence-corrected chi connectivity index (χ3v) is 0.649. The Balaban J connectivity index is 2.82. The third-order valence-electron chi connectivity index (χ3n) is 0.649. The molecule has 0 rings (SSSR count). The Labute approximate surface area is 43.2 Å². The highest BCUT2D eigenvalue weighted by molar-refractivity contribution is 4.75. The van der Waals surface area contributed by atoms with Crippen LogP contribution in [-0.2, 0) is 0 Å². The first-order valence-electron chi connectivity index (χ1n) is 2.38. The van der Waals surface area contributed by atoms with E-state index in [1.165, 1.54) is 0 Å². The average Bonchev–Trinajstić information content (AvgIpc) is 1.69. The van der Waals surface area contributed by atoms with Crippen LogP contribution in [0.15, 0.2) is 12.2 Å². The van der Waals surface area contributed by atoms with Crippen molar-refractivity contribution >= 4 is 0 Å². The molecule has 0 aromatic rings. The van der Waals surface area contributed by atoms with E-state index in [-0.39, 0.29) is 0 Å². The van der Waals surface area contributed by atoms with E-state index in [4.69, 9.17) is 0 Å². The second-order valence-corrected chi connectivity index (χ2v) is 1.25. The fourth-order valence-electron chi connectivity index (χ4n) is 0.309. The molecule has 0 aliphatic rings. The molecule has 0 radical (unpaired) electrons. The highest BCUT2D eigenvalue weighted by atomic mass is 16.3. The van der Waals surface area contributed by atoms with Crippen LogP contribution in [0.25, 0.3) is 0 Å². The van der Waals surface area contributed by atoms with Crippen LogP contribution in [0.3, 0.4) is 0 Å². The van der Waals surface area contributed by atoms with Gasteiger partial charge in [-0.1, -0.05) is 12.2 Å². The summed E-state index contributed by atoms with van der Waals surface area (Å²) in [6, 6.07) is 0. The van der Waals surface area contributed by atoms with Crippen molar-refractivity contribution in [3.8, 4) is 0 Å². The van der Waals surface area contributed by atoms with Gasteiger partial charge in [-0.25, -0.2) is 0 Å². The Hall–Kier alpha value is -0.660. The zero-order valence-electron chi connectivity index (χ0n) is 4.48. The zero-order chi connectivity index (χ0) is 5.54. The van der Waals surface area contributed by atoms with Gasteiger partial charge in [0.15, 0.2) is 6.54 Å². The Kier molecular flexibility index (Phi) is 4.84. The van der Waals surface area contributed by atoms with Crippen molar-refractivity contribution in [1.29, 1.82) is 0 Å². The van der Waals surface area contributed by atoms with Gasteiger partial charge in [0.2, 0.25) is 0 Å². The van der Waals surface area contributed by atoms with Gasteiger partial charge in [-0.15, -0.1) is 0 Å². The predicted molar refractivity (Wildman–Crippen MR) is 28.6 cm³/mol. The monoisotopic (exact) mass is 100 g/mol. The summed E-state index contributed by atoms with van der Waals surface area (Å²) in [5.74, 6) is 0. The van der Waals surface area contributed by atoms with Crippen LogP contribution in [0.2, 0.25) is 0 Å². The van der Waals surface area contributed by atoms with Crippen molar-refractivity contribution in [2.75, 3.05) is 6.54 Å². The second-order valence-electron chi connectivity index (χ2n) is 1.25. The Bertz CT molecular complexity index is 68.5. The van der Waals surface area contributed by atoms with Crippen LogP contribution in [0.1, 0.15) is 13.3 Å². The lowest BCUT2D eigenvalue weighted by Gasteiger charge is -1.70. The molecule has 0 aliphatic heterocycles. The van der Waals surface area contributed by atoms with E-state index in [1.54, 1.807) is 5.18 Å². The van der Waals surface area contributed by atoms with Crippen LogP contribution in [0.5, 0.6) is 0 Å². The number of hydrogen-bond donors (Lipinski definition) is 1. The van der Waals surface area contributed by atoms with E-state index < -0.39 is 0 Å². The van der Waals surface area contributed by atoms with Gasteiger partial charge < -0.3 is 0 Å². The smallest absolute Gasteiger partial charge is 0.0914 e. The summed E-state index contributed by atoms with van der Waals surface area (Å²) in [6.07, 6.45) is 4.71. The highest BCUT2D eigenvalue weighted by Gasteiger charge is 1.78. The molecule has 2 nitrogen and oxygen atoms in total. The molecule has 0 heterocycles. The first-order chi connectivity index (χ1) is 3.41. The maximum atomic E-state index is 9.52. The van der Waals surface area contributed by atoms with Crippen LogP contribution in [-0.4, -0.2) is 6.54 Å². The molecule has 0 fully saturated rings. The normalized spacial score (nSPS) is 9.86. The molecule has 0 saturated carbocycles. The van der Waals surface area contributed by atoms with E-state index in [0.717, 1.165) is 6.42 Å². The van der Waals surface area contributed by atoms with Gasteiger partial charge >= 0.3 is 0 Å². The minimum absolute atomic E-state index is 0.532. The van der Waals surface area contributed by atoms with Gasteiger partial charge in [-0.3, -0.25) is 0 Å². The topological polar surface area (TPSA) is 31.0 Å². The molecule has 0 aromatic carbocycles. The molecule has 0 spiro atoms. The van der Waals surface area contributed by atoms with E-state index in [0.29, 0.717) is 6.54 Å². The molecule has 0 atom stereocenters. The number of allylic oxidation sites excluding steroid dienone is 1. The molecule has 0 saturated heterocycles. The van der Waals surface area contributed by atoms with E-state index in [1.807, 2.05) is 19.1 Å². The summed E-state index contributed by atoms with van der Waals surface area (Å²) in [6.45, 7) is 2.47. The summed E-state index contributed by atoms with van der Waals surface area (Å²) >= 11 is 0. The lowest BCUT2D eigenvalue weighted by atomic mass is 10.4. The SMILES string of the molecule is C/C=C/CC[NH+]=O. The van der Waals surface area contributed by atoms with Gasteiger partial charge in [0.25, 0.3) is 0 Å². The van der Waals surface area contributed by atoms with E-state index in [2.05, 4.69) is 0 Å². The van der Waals surface area contributed by atoms with Crippen LogP contribution in [0.4, 0.5) is 0 Å². The summed E-state index contributed by atoms with van der Waals surface area (Å²) in [5.41, 5.74) is 0. The molecular formula is C5H10NO+. The maximum absolute atomic E-state index is 9.52. The molecular weight excluding hydrogens is 90.1 g/mol. The first kappa shape index (κ1) is 6.34. The number of nitroso groups, excluding NO2 is 1. The van der Waals surface area contributed by atoms with E-state index in [9.17, 15) is 4.91 Å². The number of hydrogen-bond acceptors (Lipinski definition) is 1. The Morgan fingerprint density at radius 2 is 2.43 bits per heavy atom. The van der Waals surface area contributed by atoms with Crippen molar-refractivity contribution < 1.29 is 5.18 Å². The molecule has 0 aromatic heterocycles. The van der Waals surface area contributed by atoms with Crippen LogP contribution >= 0.6 is 0 Å². The molecule has 40 valence electrons. The van der Waals surface area contributed by atoms with Crippen LogP contribution < -0.4 is 5.18 Å². The molecule has 0 amide bonds. The Morgan fingerprint density at radius 1 is 1.71 bits per heavy atom. The van der Waals surface area contributed by atoms with Gasteiger partial charge in [0.1, 0.15) is 0 Å². The van der Waals surface area contributed by atoms with E-state index >= 15 is 0 Å². The summed E-state index contributed by atoms with van der Waals surface area (Å²) in [7, 11) is 0. The van der Waals surface area contributed by atoms with Crippen molar-refractivity contribution in [3.05, 3.63) is 17.1 Å². The summed E-state index contributed by atoms with van der Waals surface area (Å²) in [5, 5.41) is 1.80. The van der Waals surface area contributed by atoms with Crippen molar-refractivity contribution in [1.82, 2.24) is 0 Å². The summed E-state index contributed by atoms with van der Waals surface area (Å²) < 4.78 is 0. The fraction of sp³-hybridized carbons (Fsp3) is 0.600. The molecule has 7 heavy (non-hydrogen) atoms. The molecule has 0 aliphatic carbocycles. The molecule has 0 bridgehead atoms. The highest BCUT2D eigenvalue weighted by Crippen LogP contribution is 1.73. The summed E-state index contributed by atoms with van der Waals surface area (Å²) in [4.78, 5) is 9.52. The second kappa shape index (κ2) is 5.34. The zero-order valence-corrected chi connectivity index (χ0v) is 4.48. The largest absolute Gasteiger partial charge is 0.192 e. The van der Waals surface area contributed by atoms with Crippen molar-refractivity contribution in [3.63, 3.8) is 0 Å². The molecule has 2 heteroatoms. The van der Waals surface area contributed by atoms with Crippen molar-refractivity contribution in [2.45, 2.75) is 13.3 Å². The van der Waals surface area contributed by atoms with Gasteiger partial charge in [-0.05, 0) is 12.1 Å². The van der Waals surface area contributed by atoms with Crippen LogP contribution in [0, 0.1) is 4.91 Å². The first-order valence-corrected chi connectivity index (χ1v) is 2.38. The quantitative estimate of drug-likeness (QED) is 0.386. The average molecular weight is 100 g/mol. The van der Waals surface area contributed by atoms with Crippen molar-refractivity contribution in [2.24, 2.45) is 0 Å². The maximum Gasteiger partial charge on any atom is 0.192 e. The molecule has 1 N–H and O–H groups in total.